The number of halogens is 1. The van der Waals surface area contributed by atoms with Gasteiger partial charge in [0, 0.05) is 26.2 Å². The Balaban J connectivity index is 2.12. The number of carbonyl (C=O) groups excluding carboxylic acids is 1. The molecule has 0 saturated carbocycles. The molecule has 100 valence electrons. The first-order valence-electron chi connectivity index (χ1n) is 6.29. The quantitative estimate of drug-likeness (QED) is 0.863. The smallest absolute Gasteiger partial charge is 0.227 e. The first-order chi connectivity index (χ1) is 9.11. The van der Waals surface area contributed by atoms with Crippen molar-refractivity contribution in [1.29, 1.82) is 5.26 Å². The van der Waals surface area contributed by atoms with Crippen molar-refractivity contribution in [2.24, 2.45) is 0 Å². The van der Waals surface area contributed by atoms with E-state index >= 15 is 0 Å². The number of hydrogen-bond acceptors (Lipinski definition) is 3. The fourth-order valence-corrected chi connectivity index (χ4v) is 2.19. The van der Waals surface area contributed by atoms with Gasteiger partial charge in [0.15, 0.2) is 0 Å². The summed E-state index contributed by atoms with van der Waals surface area (Å²) in [4.78, 5) is 13.8. The molecule has 1 aromatic rings. The first kappa shape index (κ1) is 13.5. The normalized spacial score (nSPS) is 15.1. The summed E-state index contributed by atoms with van der Waals surface area (Å²) in [5.74, 6) is -0.546. The van der Waals surface area contributed by atoms with Crippen LogP contribution in [0.4, 0.5) is 4.39 Å². The molecule has 4 nitrogen and oxygen atoms in total. The minimum Gasteiger partial charge on any atom is -0.340 e. The molecule has 1 aliphatic heterocycles. The van der Waals surface area contributed by atoms with E-state index in [0.29, 0.717) is 29.8 Å². The zero-order valence-electron chi connectivity index (χ0n) is 10.9. The largest absolute Gasteiger partial charge is 0.340 e. The third kappa shape index (κ3) is 3.09. The average molecular weight is 261 g/mol. The maximum absolute atomic E-state index is 13.8. The van der Waals surface area contributed by atoms with Gasteiger partial charge in [0.25, 0.3) is 0 Å². The van der Waals surface area contributed by atoms with Crippen LogP contribution in [0.1, 0.15) is 16.7 Å². The molecule has 5 heteroatoms. The van der Waals surface area contributed by atoms with Gasteiger partial charge in [-0.05, 0) is 24.1 Å². The summed E-state index contributed by atoms with van der Waals surface area (Å²) in [6, 6.07) is 4.73. The number of nitrogens with zero attached hydrogens (tertiary/aromatic N) is 2. The lowest BCUT2D eigenvalue weighted by Crippen LogP contribution is -2.47. The second-order valence-corrected chi connectivity index (χ2v) is 4.68. The molecule has 1 fully saturated rings. The molecule has 1 N–H and O–H groups in total. The third-order valence-corrected chi connectivity index (χ3v) is 3.33. The number of amides is 1. The van der Waals surface area contributed by atoms with Gasteiger partial charge in [0.1, 0.15) is 5.82 Å². The topological polar surface area (TPSA) is 56.1 Å². The molecule has 0 unspecified atom stereocenters. The maximum Gasteiger partial charge on any atom is 0.227 e. The predicted octanol–water partition coefficient (Wildman–Crippen LogP) is 0.980. The summed E-state index contributed by atoms with van der Waals surface area (Å²) >= 11 is 0. The molecule has 19 heavy (non-hydrogen) atoms. The SMILES string of the molecule is Cc1cc(CC(=O)N2CCNCC2)c(F)cc1C#N. The van der Waals surface area contributed by atoms with Gasteiger partial charge in [0.05, 0.1) is 18.1 Å². The van der Waals surface area contributed by atoms with Crippen LogP contribution in [0.2, 0.25) is 0 Å². The van der Waals surface area contributed by atoms with Gasteiger partial charge in [-0.2, -0.15) is 5.26 Å². The number of piperazine rings is 1. The number of rotatable bonds is 2. The van der Waals surface area contributed by atoms with E-state index in [-0.39, 0.29) is 12.3 Å². The van der Waals surface area contributed by atoms with Crippen LogP contribution in [0.15, 0.2) is 12.1 Å². The van der Waals surface area contributed by atoms with Crippen molar-refractivity contribution in [3.05, 3.63) is 34.6 Å². The van der Waals surface area contributed by atoms with Crippen molar-refractivity contribution < 1.29 is 9.18 Å². The van der Waals surface area contributed by atoms with Gasteiger partial charge in [-0.25, -0.2) is 4.39 Å². The van der Waals surface area contributed by atoms with E-state index in [1.165, 1.54) is 6.07 Å². The van der Waals surface area contributed by atoms with Gasteiger partial charge in [-0.1, -0.05) is 6.07 Å². The van der Waals surface area contributed by atoms with Crippen molar-refractivity contribution in [2.45, 2.75) is 13.3 Å². The molecule has 0 aromatic heterocycles. The number of hydrogen-bond donors (Lipinski definition) is 1. The monoisotopic (exact) mass is 261 g/mol. The van der Waals surface area contributed by atoms with Crippen LogP contribution in [-0.4, -0.2) is 37.0 Å². The molecule has 1 heterocycles. The van der Waals surface area contributed by atoms with E-state index in [2.05, 4.69) is 5.32 Å². The van der Waals surface area contributed by atoms with Gasteiger partial charge in [0.2, 0.25) is 5.91 Å². The minimum absolute atomic E-state index is 0.0540. The number of carbonyl (C=O) groups is 1. The Labute approximate surface area is 111 Å². The Bertz CT molecular complexity index is 530. The molecule has 0 aliphatic carbocycles. The molecule has 0 atom stereocenters. The lowest BCUT2D eigenvalue weighted by atomic mass is 10.0. The molecule has 1 aromatic carbocycles. The fraction of sp³-hybridized carbons (Fsp3) is 0.429. The summed E-state index contributed by atoms with van der Waals surface area (Å²) in [6.07, 6.45) is 0.0540. The Hall–Kier alpha value is -1.93. The average Bonchev–Trinajstić information content (AvgIpc) is 2.43. The van der Waals surface area contributed by atoms with Crippen LogP contribution in [0.3, 0.4) is 0 Å². The Kier molecular flexibility index (Phi) is 4.13. The first-order valence-corrected chi connectivity index (χ1v) is 6.29. The van der Waals surface area contributed by atoms with Crippen molar-refractivity contribution in [1.82, 2.24) is 10.2 Å². The van der Waals surface area contributed by atoms with Gasteiger partial charge in [-0.3, -0.25) is 4.79 Å². The summed E-state index contributed by atoms with van der Waals surface area (Å²) < 4.78 is 13.8. The molecule has 0 radical (unpaired) electrons. The lowest BCUT2D eigenvalue weighted by Gasteiger charge is -2.27. The van der Waals surface area contributed by atoms with Crippen LogP contribution >= 0.6 is 0 Å². The standard InChI is InChI=1S/C14H16FN3O/c1-10-6-11(13(15)7-12(10)9-16)8-14(19)18-4-2-17-3-5-18/h6-7,17H,2-5,8H2,1H3. The highest BCUT2D eigenvalue weighted by Gasteiger charge is 2.18. The number of benzene rings is 1. The summed E-state index contributed by atoms with van der Waals surface area (Å²) in [5.41, 5.74) is 1.38. The maximum atomic E-state index is 13.8. The summed E-state index contributed by atoms with van der Waals surface area (Å²) in [7, 11) is 0. The molecule has 1 aliphatic rings. The van der Waals surface area contributed by atoms with Crippen LogP contribution in [0.5, 0.6) is 0 Å². The van der Waals surface area contributed by atoms with E-state index in [0.717, 1.165) is 13.1 Å². The van der Waals surface area contributed by atoms with E-state index in [1.54, 1.807) is 17.9 Å². The third-order valence-electron chi connectivity index (χ3n) is 3.33. The van der Waals surface area contributed by atoms with Gasteiger partial charge >= 0.3 is 0 Å². The number of nitrogens with one attached hydrogen (secondary N) is 1. The van der Waals surface area contributed by atoms with Crippen LogP contribution in [-0.2, 0) is 11.2 Å². The van der Waals surface area contributed by atoms with Crippen molar-refractivity contribution >= 4 is 5.91 Å². The van der Waals surface area contributed by atoms with E-state index in [4.69, 9.17) is 5.26 Å². The van der Waals surface area contributed by atoms with Gasteiger partial charge < -0.3 is 10.2 Å². The molecular formula is C14H16FN3O. The highest BCUT2D eigenvalue weighted by Crippen LogP contribution is 2.16. The Morgan fingerprint density at radius 3 is 2.79 bits per heavy atom. The molecule has 0 spiro atoms. The van der Waals surface area contributed by atoms with E-state index in [1.807, 2.05) is 6.07 Å². The Morgan fingerprint density at radius 1 is 1.47 bits per heavy atom. The van der Waals surface area contributed by atoms with E-state index < -0.39 is 5.82 Å². The van der Waals surface area contributed by atoms with Crippen LogP contribution in [0, 0.1) is 24.1 Å². The predicted molar refractivity (Wildman–Crippen MR) is 69.0 cm³/mol. The number of nitriles is 1. The van der Waals surface area contributed by atoms with Gasteiger partial charge in [-0.15, -0.1) is 0 Å². The van der Waals surface area contributed by atoms with Crippen LogP contribution in [0.25, 0.3) is 0 Å². The molecule has 0 bridgehead atoms. The molecule has 1 saturated heterocycles. The van der Waals surface area contributed by atoms with Crippen molar-refractivity contribution in [2.75, 3.05) is 26.2 Å². The highest BCUT2D eigenvalue weighted by atomic mass is 19.1. The van der Waals surface area contributed by atoms with Crippen molar-refractivity contribution in [3.63, 3.8) is 0 Å². The minimum atomic E-state index is -0.481. The van der Waals surface area contributed by atoms with E-state index in [9.17, 15) is 9.18 Å². The second-order valence-electron chi connectivity index (χ2n) is 4.68. The van der Waals surface area contributed by atoms with Crippen molar-refractivity contribution in [3.8, 4) is 6.07 Å². The summed E-state index contributed by atoms with van der Waals surface area (Å²) in [6.45, 7) is 4.63. The highest BCUT2D eigenvalue weighted by molar-refractivity contribution is 5.79. The molecule has 1 amide bonds. The lowest BCUT2D eigenvalue weighted by molar-refractivity contribution is -0.131. The fourth-order valence-electron chi connectivity index (χ4n) is 2.19. The Morgan fingerprint density at radius 2 is 2.16 bits per heavy atom. The second kappa shape index (κ2) is 5.81. The number of aryl methyl sites for hydroxylation is 1. The van der Waals surface area contributed by atoms with Crippen LogP contribution < -0.4 is 5.32 Å². The molecule has 2 rings (SSSR count). The molecular weight excluding hydrogens is 245 g/mol. The zero-order chi connectivity index (χ0) is 13.8. The zero-order valence-corrected chi connectivity index (χ0v) is 10.9. The summed E-state index contributed by atoms with van der Waals surface area (Å²) in [5, 5.41) is 12.0.